The third kappa shape index (κ3) is 9.10. The zero-order valence-electron chi connectivity index (χ0n) is 19.9. The van der Waals surface area contributed by atoms with Gasteiger partial charge in [-0.2, -0.15) is 0 Å². The summed E-state index contributed by atoms with van der Waals surface area (Å²) in [7, 11) is 0. The number of aliphatic imine (C=N–C) groups is 1. The van der Waals surface area contributed by atoms with Crippen LogP contribution in [0.25, 0.3) is 0 Å². The van der Waals surface area contributed by atoms with E-state index < -0.39 is 23.1 Å². The van der Waals surface area contributed by atoms with Crippen molar-refractivity contribution in [3.8, 4) is 0 Å². The van der Waals surface area contributed by atoms with Gasteiger partial charge in [0.15, 0.2) is 11.6 Å². The summed E-state index contributed by atoms with van der Waals surface area (Å²) in [6.45, 7) is 7.66. The Bertz CT molecular complexity index is 1100. The molecular weight excluding hydrogens is 458 g/mol. The second kappa shape index (κ2) is 12.5. The van der Waals surface area contributed by atoms with Gasteiger partial charge in [-0.25, -0.2) is 13.8 Å². The van der Waals surface area contributed by atoms with Gasteiger partial charge in [0.25, 0.3) is 5.91 Å². The molecule has 1 atom stereocenters. The molecule has 5 nitrogen and oxygen atoms in total. The number of benzene rings is 2. The predicted octanol–water partition coefficient (Wildman–Crippen LogP) is 6.02. The van der Waals surface area contributed by atoms with E-state index in [1.54, 1.807) is 12.1 Å². The lowest BCUT2D eigenvalue weighted by Crippen LogP contribution is -2.42. The Hall–Kier alpha value is -2.99. The number of nitrogens with one attached hydrogen (secondary N) is 2. The normalized spacial score (nSPS) is 12.5. The molecule has 34 heavy (non-hydrogen) atoms. The predicted molar refractivity (Wildman–Crippen MR) is 134 cm³/mol. The number of halogens is 3. The first kappa shape index (κ1) is 27.3. The first-order chi connectivity index (χ1) is 16.0. The van der Waals surface area contributed by atoms with Gasteiger partial charge in [0.05, 0.1) is 11.2 Å². The van der Waals surface area contributed by atoms with Gasteiger partial charge in [0.2, 0.25) is 5.96 Å². The van der Waals surface area contributed by atoms with E-state index in [9.17, 15) is 13.6 Å². The third-order valence-electron chi connectivity index (χ3n) is 4.54. The summed E-state index contributed by atoms with van der Waals surface area (Å²) < 4.78 is 26.9. The number of nitrogens with zero attached hydrogens (tertiary/aromatic N) is 1. The van der Waals surface area contributed by atoms with Gasteiger partial charge in [-0.15, -0.1) is 5.73 Å². The molecule has 0 fully saturated rings. The molecule has 8 heteroatoms. The fourth-order valence-electron chi connectivity index (χ4n) is 2.94. The van der Waals surface area contributed by atoms with Gasteiger partial charge < -0.3 is 11.1 Å². The summed E-state index contributed by atoms with van der Waals surface area (Å²) in [5.74, 6) is -2.62. The molecule has 2 aromatic carbocycles. The molecule has 0 aliphatic heterocycles. The standard InChI is InChI=1S/C26H31ClF2N4O/c1-5-6-7-11-20(16-23(30)17-9-8-10-19(27)14-17)31-25(33-26(2,3)4)32-24(34)18-12-13-21(28)22(29)15-18/h7-10,12-15,23H,5-6,16,30H2,1-4H3,(H2,31,32,33,34). The van der Waals surface area contributed by atoms with Gasteiger partial charge in [-0.1, -0.05) is 37.1 Å². The molecule has 0 radical (unpaired) electrons. The molecule has 0 aromatic heterocycles. The highest BCUT2D eigenvalue weighted by Crippen LogP contribution is 2.21. The highest BCUT2D eigenvalue weighted by Gasteiger charge is 2.18. The van der Waals surface area contributed by atoms with E-state index >= 15 is 0 Å². The van der Waals surface area contributed by atoms with E-state index in [4.69, 9.17) is 17.3 Å². The fraction of sp³-hybridized carbons (Fsp3) is 0.346. The number of amides is 1. The highest BCUT2D eigenvalue weighted by atomic mass is 35.5. The second-order valence-electron chi connectivity index (χ2n) is 8.82. The maximum Gasteiger partial charge on any atom is 0.258 e. The van der Waals surface area contributed by atoms with Crippen LogP contribution in [0.5, 0.6) is 0 Å². The van der Waals surface area contributed by atoms with Crippen molar-refractivity contribution in [1.82, 2.24) is 10.6 Å². The van der Waals surface area contributed by atoms with E-state index in [1.165, 1.54) is 6.07 Å². The summed E-state index contributed by atoms with van der Waals surface area (Å²) in [4.78, 5) is 17.3. The van der Waals surface area contributed by atoms with Crippen LogP contribution in [-0.4, -0.2) is 17.4 Å². The fourth-order valence-corrected chi connectivity index (χ4v) is 3.14. The number of hydrogen-bond donors (Lipinski definition) is 3. The number of guanidine groups is 1. The SMILES string of the molecule is CCCC=C=C(CC(N)c1cccc(Cl)c1)NC(=NC(C)(C)C)NC(=O)c1ccc(F)c(F)c1. The minimum absolute atomic E-state index is 0.0370. The molecule has 4 N–H and O–H groups in total. The molecule has 182 valence electrons. The summed E-state index contributed by atoms with van der Waals surface area (Å²) in [5, 5.41) is 6.36. The largest absolute Gasteiger partial charge is 0.324 e. The van der Waals surface area contributed by atoms with Crippen molar-refractivity contribution in [2.24, 2.45) is 10.7 Å². The lowest BCUT2D eigenvalue weighted by molar-refractivity contribution is 0.0975. The highest BCUT2D eigenvalue weighted by molar-refractivity contribution is 6.30. The van der Waals surface area contributed by atoms with Crippen LogP contribution in [-0.2, 0) is 0 Å². The third-order valence-corrected chi connectivity index (χ3v) is 4.78. The Morgan fingerprint density at radius 3 is 2.53 bits per heavy atom. The number of nitrogens with two attached hydrogens (primary N) is 1. The van der Waals surface area contributed by atoms with Crippen molar-refractivity contribution in [3.05, 3.63) is 87.8 Å². The molecule has 0 spiro atoms. The van der Waals surface area contributed by atoms with E-state index in [-0.39, 0.29) is 17.6 Å². The molecular formula is C26H31ClF2N4O. The van der Waals surface area contributed by atoms with Crippen LogP contribution in [0.2, 0.25) is 5.02 Å². The number of carbonyl (C=O) groups is 1. The average Bonchev–Trinajstić information content (AvgIpc) is 2.74. The first-order valence-corrected chi connectivity index (χ1v) is 11.4. The molecule has 2 rings (SSSR count). The van der Waals surface area contributed by atoms with Gasteiger partial charge >= 0.3 is 0 Å². The van der Waals surface area contributed by atoms with Crippen molar-refractivity contribution in [1.29, 1.82) is 0 Å². The maximum absolute atomic E-state index is 13.6. The number of carbonyl (C=O) groups excluding carboxylic acids is 1. The van der Waals surface area contributed by atoms with Gasteiger partial charge in [-0.05, 0) is 69.2 Å². The van der Waals surface area contributed by atoms with Crippen LogP contribution >= 0.6 is 11.6 Å². The van der Waals surface area contributed by atoms with Crippen LogP contribution < -0.4 is 16.4 Å². The van der Waals surface area contributed by atoms with Crippen molar-refractivity contribution in [3.63, 3.8) is 0 Å². The minimum atomic E-state index is -1.11. The molecule has 2 aromatic rings. The number of hydrogen-bond acceptors (Lipinski definition) is 3. The Morgan fingerprint density at radius 2 is 1.91 bits per heavy atom. The Labute approximate surface area is 204 Å². The van der Waals surface area contributed by atoms with Crippen LogP contribution in [0, 0.1) is 11.6 Å². The molecule has 1 unspecified atom stereocenters. The van der Waals surface area contributed by atoms with Crippen LogP contribution in [0.1, 0.15) is 68.9 Å². The van der Waals surface area contributed by atoms with Crippen molar-refractivity contribution < 1.29 is 13.6 Å². The quantitative estimate of drug-likeness (QED) is 0.253. The van der Waals surface area contributed by atoms with E-state index in [0.717, 1.165) is 30.5 Å². The van der Waals surface area contributed by atoms with E-state index in [1.807, 2.05) is 39.0 Å². The van der Waals surface area contributed by atoms with Crippen molar-refractivity contribution in [2.75, 3.05) is 0 Å². The Kier molecular flexibility index (Phi) is 9.99. The molecule has 0 aliphatic rings. The molecule has 0 heterocycles. The van der Waals surface area contributed by atoms with Crippen molar-refractivity contribution >= 4 is 23.5 Å². The van der Waals surface area contributed by atoms with Crippen LogP contribution in [0.4, 0.5) is 8.78 Å². The lowest BCUT2D eigenvalue weighted by Gasteiger charge is -2.20. The summed E-state index contributed by atoms with van der Waals surface area (Å²) in [6.07, 6.45) is 4.00. The lowest BCUT2D eigenvalue weighted by atomic mass is 10.0. The zero-order chi connectivity index (χ0) is 25.3. The summed E-state index contributed by atoms with van der Waals surface area (Å²) in [5.41, 5.74) is 10.5. The summed E-state index contributed by atoms with van der Waals surface area (Å²) >= 11 is 6.10. The topological polar surface area (TPSA) is 79.5 Å². The molecule has 0 saturated carbocycles. The van der Waals surface area contributed by atoms with E-state index in [2.05, 4.69) is 28.3 Å². The van der Waals surface area contributed by atoms with Crippen molar-refractivity contribution in [2.45, 2.75) is 58.5 Å². The van der Waals surface area contributed by atoms with Gasteiger partial charge in [0.1, 0.15) is 0 Å². The smallest absolute Gasteiger partial charge is 0.258 e. The second-order valence-corrected chi connectivity index (χ2v) is 9.26. The minimum Gasteiger partial charge on any atom is -0.324 e. The monoisotopic (exact) mass is 488 g/mol. The number of rotatable bonds is 7. The average molecular weight is 489 g/mol. The van der Waals surface area contributed by atoms with Gasteiger partial charge in [0, 0.05) is 23.0 Å². The van der Waals surface area contributed by atoms with Crippen LogP contribution in [0.3, 0.4) is 0 Å². The van der Waals surface area contributed by atoms with E-state index in [0.29, 0.717) is 17.1 Å². The molecule has 0 bridgehead atoms. The Balaban J connectivity index is 2.33. The van der Waals surface area contributed by atoms with Gasteiger partial charge in [-0.3, -0.25) is 10.1 Å². The molecule has 0 saturated heterocycles. The number of unbranched alkanes of at least 4 members (excludes halogenated alkanes) is 1. The summed E-state index contributed by atoms with van der Waals surface area (Å²) in [6, 6.07) is 9.85. The van der Waals surface area contributed by atoms with Crippen LogP contribution in [0.15, 0.2) is 65.0 Å². The molecule has 1 amide bonds. The maximum atomic E-state index is 13.6. The first-order valence-electron chi connectivity index (χ1n) is 11.1. The zero-order valence-corrected chi connectivity index (χ0v) is 20.6. The molecule has 0 aliphatic carbocycles. The Morgan fingerprint density at radius 1 is 1.18 bits per heavy atom.